The first kappa shape index (κ1) is 25.9. The number of nitrogens with one attached hydrogen (secondary N) is 1. The topological polar surface area (TPSA) is 109 Å². The number of rotatable bonds is 10. The number of benzene rings is 2. The van der Waals surface area contributed by atoms with Gasteiger partial charge in [0, 0.05) is 18.8 Å². The van der Waals surface area contributed by atoms with Crippen LogP contribution < -0.4 is 10.2 Å². The lowest BCUT2D eigenvalue weighted by atomic mass is 9.95. The number of thioether (sulfide) groups is 1. The molecule has 0 radical (unpaired) electrons. The number of nitrogens with zero attached hydrogens (tertiary/aromatic N) is 2. The molecular weight excluding hydrogens is 506 g/mol. The molecule has 1 aliphatic heterocycles. The van der Waals surface area contributed by atoms with Gasteiger partial charge in [0.05, 0.1) is 21.7 Å². The first-order valence-electron chi connectivity index (χ1n) is 11.5. The first-order valence-corrected chi connectivity index (χ1v) is 14.8. The Kier molecular flexibility index (Phi) is 8.33. The number of likely N-dealkylation sites (tertiary alicyclic amines) is 1. The lowest BCUT2D eigenvalue weighted by Gasteiger charge is -2.39. The van der Waals surface area contributed by atoms with Gasteiger partial charge in [0.15, 0.2) is 18.9 Å². The Hall–Kier alpha value is -2.18. The van der Waals surface area contributed by atoms with Gasteiger partial charge >= 0.3 is 0 Å². The molecule has 1 fully saturated rings. The van der Waals surface area contributed by atoms with Crippen LogP contribution in [-0.4, -0.2) is 66.2 Å². The van der Waals surface area contributed by atoms with Crippen molar-refractivity contribution in [2.45, 2.75) is 40.2 Å². The second-order valence-corrected chi connectivity index (χ2v) is 13.0. The number of carbonyl (C=O) groups excluding carboxylic acids is 1. The number of sulfone groups is 1. The second kappa shape index (κ2) is 11.3. The van der Waals surface area contributed by atoms with E-state index in [0.717, 1.165) is 28.6 Å². The van der Waals surface area contributed by atoms with Crippen LogP contribution in [0.15, 0.2) is 57.8 Å². The Balaban J connectivity index is 1.33. The molecule has 0 spiro atoms. The number of hydrogen-bond donors (Lipinski definition) is 2. The molecule has 1 aliphatic rings. The van der Waals surface area contributed by atoms with E-state index in [1.807, 2.05) is 25.1 Å². The number of hydrogen-bond acceptors (Lipinski definition) is 9. The average molecular weight is 536 g/mol. The first-order chi connectivity index (χ1) is 16.9. The van der Waals surface area contributed by atoms with Crippen molar-refractivity contribution >= 4 is 49.1 Å². The molecule has 2 heterocycles. The highest BCUT2D eigenvalue weighted by Gasteiger charge is 2.52. The largest absolute Gasteiger partial charge is 0.494 e. The van der Waals surface area contributed by atoms with Crippen molar-refractivity contribution in [3.05, 3.63) is 48.5 Å². The summed E-state index contributed by atoms with van der Waals surface area (Å²) in [5, 5.41) is 9.28. The van der Waals surface area contributed by atoms with E-state index in [0.29, 0.717) is 25.4 Å². The van der Waals surface area contributed by atoms with E-state index >= 15 is 0 Å². The molecule has 0 bridgehead atoms. The number of piperidine rings is 1. The third-order valence-electron chi connectivity index (χ3n) is 6.33. The lowest BCUT2D eigenvalue weighted by Crippen LogP contribution is -2.57. The molecule has 35 heavy (non-hydrogen) atoms. The molecule has 1 aromatic heterocycles. The minimum Gasteiger partial charge on any atom is -0.494 e. The van der Waals surface area contributed by atoms with Crippen LogP contribution in [0.5, 0.6) is 5.75 Å². The number of hydroxylamine groups is 1. The Labute approximate surface area is 213 Å². The maximum absolute atomic E-state index is 13.5. The van der Waals surface area contributed by atoms with E-state index in [1.165, 1.54) is 16.8 Å². The summed E-state index contributed by atoms with van der Waals surface area (Å²) in [7, 11) is -4.02. The molecule has 1 amide bonds. The Morgan fingerprint density at radius 1 is 1.20 bits per heavy atom. The van der Waals surface area contributed by atoms with Crippen LogP contribution in [0.25, 0.3) is 10.2 Å². The molecule has 2 aromatic carbocycles. The van der Waals surface area contributed by atoms with Gasteiger partial charge in [0.1, 0.15) is 5.75 Å². The highest BCUT2D eigenvalue weighted by atomic mass is 32.2. The molecule has 1 saturated heterocycles. The molecule has 188 valence electrons. The SMILES string of the molecule is CCN1CCC(C(=O)NO)(S(=O)(=O)c2ccc(OCCCSc3nc4ccccc4s3)cc2)CC1. The van der Waals surface area contributed by atoms with Gasteiger partial charge < -0.3 is 9.64 Å². The monoisotopic (exact) mass is 535 g/mol. The summed E-state index contributed by atoms with van der Waals surface area (Å²) in [6.45, 7) is 4.21. The highest BCUT2D eigenvalue weighted by molar-refractivity contribution is 8.01. The Morgan fingerprint density at radius 2 is 1.91 bits per heavy atom. The summed E-state index contributed by atoms with van der Waals surface area (Å²) >= 11 is 3.37. The third kappa shape index (κ3) is 5.49. The fourth-order valence-corrected chi connectivity index (χ4v) is 8.22. The molecule has 0 aliphatic carbocycles. The van der Waals surface area contributed by atoms with Gasteiger partial charge in [0.25, 0.3) is 5.91 Å². The van der Waals surface area contributed by atoms with Crippen molar-refractivity contribution in [3.8, 4) is 5.75 Å². The lowest BCUT2D eigenvalue weighted by molar-refractivity contribution is -0.133. The van der Waals surface area contributed by atoms with Gasteiger partial charge in [-0.3, -0.25) is 10.0 Å². The number of thiazole rings is 1. The minimum atomic E-state index is -4.02. The van der Waals surface area contributed by atoms with Crippen LogP contribution in [0.3, 0.4) is 0 Å². The van der Waals surface area contributed by atoms with Crippen molar-refractivity contribution in [2.75, 3.05) is 32.0 Å². The predicted octanol–water partition coefficient (Wildman–Crippen LogP) is 3.99. The van der Waals surface area contributed by atoms with Crippen molar-refractivity contribution in [3.63, 3.8) is 0 Å². The van der Waals surface area contributed by atoms with Gasteiger partial charge in [-0.15, -0.1) is 11.3 Å². The van der Waals surface area contributed by atoms with Crippen molar-refractivity contribution in [2.24, 2.45) is 0 Å². The van der Waals surface area contributed by atoms with Gasteiger partial charge in [-0.1, -0.05) is 30.8 Å². The fourth-order valence-electron chi connectivity index (χ4n) is 4.21. The summed E-state index contributed by atoms with van der Waals surface area (Å²) in [6, 6.07) is 14.2. The van der Waals surface area contributed by atoms with Crippen LogP contribution in [-0.2, 0) is 14.6 Å². The van der Waals surface area contributed by atoms with Crippen LogP contribution >= 0.6 is 23.1 Å². The zero-order valence-corrected chi connectivity index (χ0v) is 21.9. The summed E-state index contributed by atoms with van der Waals surface area (Å²) in [6.07, 6.45) is 1.06. The number of aromatic nitrogens is 1. The fraction of sp³-hybridized carbons (Fsp3) is 0.417. The number of para-hydroxylation sites is 1. The zero-order chi connectivity index (χ0) is 24.9. The molecule has 3 aromatic rings. The van der Waals surface area contributed by atoms with Gasteiger partial charge in [-0.2, -0.15) is 0 Å². The van der Waals surface area contributed by atoms with Gasteiger partial charge in [-0.05, 0) is 62.2 Å². The normalized spacial score (nSPS) is 16.3. The third-order valence-corrected chi connectivity index (χ3v) is 11.1. The van der Waals surface area contributed by atoms with E-state index in [-0.39, 0.29) is 17.7 Å². The predicted molar refractivity (Wildman–Crippen MR) is 138 cm³/mol. The van der Waals surface area contributed by atoms with E-state index < -0.39 is 20.5 Å². The van der Waals surface area contributed by atoms with Crippen molar-refractivity contribution in [1.29, 1.82) is 0 Å². The zero-order valence-electron chi connectivity index (χ0n) is 19.5. The van der Waals surface area contributed by atoms with Crippen LogP contribution in [0.2, 0.25) is 0 Å². The number of fused-ring (bicyclic) bond motifs is 1. The molecule has 11 heteroatoms. The highest BCUT2D eigenvalue weighted by Crippen LogP contribution is 2.36. The molecule has 8 nitrogen and oxygen atoms in total. The second-order valence-electron chi connectivity index (χ2n) is 8.34. The van der Waals surface area contributed by atoms with Crippen LogP contribution in [0.1, 0.15) is 26.2 Å². The Bertz CT molecular complexity index is 1220. The minimum absolute atomic E-state index is 0.0461. The van der Waals surface area contributed by atoms with E-state index in [9.17, 15) is 18.4 Å². The van der Waals surface area contributed by atoms with Crippen LogP contribution in [0, 0.1) is 0 Å². The molecular formula is C24H29N3O5S3. The van der Waals surface area contributed by atoms with Crippen LogP contribution in [0.4, 0.5) is 0 Å². The van der Waals surface area contributed by atoms with E-state index in [4.69, 9.17) is 4.74 Å². The molecule has 4 rings (SSSR count). The molecule has 0 unspecified atom stereocenters. The van der Waals surface area contributed by atoms with E-state index in [1.54, 1.807) is 40.7 Å². The maximum Gasteiger partial charge on any atom is 0.265 e. The Morgan fingerprint density at radius 3 is 2.57 bits per heavy atom. The smallest absolute Gasteiger partial charge is 0.265 e. The standard InChI is InChI=1S/C24H29N3O5S3/c1-2-27-14-12-24(13-15-27,22(28)26-29)35(30,31)19-10-8-18(9-11-19)32-16-5-17-33-23-25-20-6-3-4-7-21(20)34-23/h3-4,6-11,29H,2,5,12-17H2,1H3,(H,26,28). The summed E-state index contributed by atoms with van der Waals surface area (Å²) in [5.74, 6) is 0.550. The number of amides is 1. The molecule has 2 N–H and O–H groups in total. The van der Waals surface area contributed by atoms with E-state index in [2.05, 4.69) is 16.0 Å². The van der Waals surface area contributed by atoms with Crippen molar-refractivity contribution < 1.29 is 23.2 Å². The number of ether oxygens (including phenoxy) is 1. The molecule has 0 saturated carbocycles. The van der Waals surface area contributed by atoms with Gasteiger partial charge in [0.2, 0.25) is 0 Å². The van der Waals surface area contributed by atoms with Crippen molar-refractivity contribution in [1.82, 2.24) is 15.4 Å². The molecule has 0 atom stereocenters. The van der Waals surface area contributed by atoms with Gasteiger partial charge in [-0.25, -0.2) is 18.9 Å². The average Bonchev–Trinajstić information content (AvgIpc) is 3.31. The quantitative estimate of drug-likeness (QED) is 0.174. The number of carbonyl (C=O) groups is 1. The summed E-state index contributed by atoms with van der Waals surface area (Å²) < 4.78 is 33.3. The summed E-state index contributed by atoms with van der Waals surface area (Å²) in [5.41, 5.74) is 2.60. The maximum atomic E-state index is 13.5. The summed E-state index contributed by atoms with van der Waals surface area (Å²) in [4.78, 5) is 19.3.